The summed E-state index contributed by atoms with van der Waals surface area (Å²) in [5.74, 6) is 0.468. The average Bonchev–Trinajstić information content (AvgIpc) is 2.45. The summed E-state index contributed by atoms with van der Waals surface area (Å²) in [5, 5.41) is 0.270. The van der Waals surface area contributed by atoms with Crippen LogP contribution < -0.4 is 9.46 Å². The summed E-state index contributed by atoms with van der Waals surface area (Å²) in [4.78, 5) is 0.102. The number of hydrogen-bond donors (Lipinski definition) is 1. The lowest BCUT2D eigenvalue weighted by molar-refractivity contribution is 0.340. The van der Waals surface area contributed by atoms with Gasteiger partial charge in [-0.3, -0.25) is 4.72 Å². The second-order valence-corrected chi connectivity index (χ2v) is 7.49. The van der Waals surface area contributed by atoms with Crippen molar-refractivity contribution in [3.8, 4) is 5.75 Å². The lowest BCUT2D eigenvalue weighted by Crippen LogP contribution is -2.15. The number of hydrogen-bond acceptors (Lipinski definition) is 3. The summed E-state index contributed by atoms with van der Waals surface area (Å²) in [7, 11) is -3.72. The monoisotopic (exact) mass is 353 g/mol. The Hall–Kier alpha value is -1.72. The second-order valence-electron chi connectivity index (χ2n) is 5.40. The highest BCUT2D eigenvalue weighted by molar-refractivity contribution is 7.92. The van der Waals surface area contributed by atoms with E-state index in [1.807, 2.05) is 39.8 Å². The van der Waals surface area contributed by atoms with Gasteiger partial charge in [-0.05, 0) is 57.0 Å². The molecule has 0 heterocycles. The first-order chi connectivity index (χ1) is 10.7. The van der Waals surface area contributed by atoms with Crippen LogP contribution in [0.25, 0.3) is 0 Å². The van der Waals surface area contributed by atoms with Crippen LogP contribution in [0.15, 0.2) is 35.2 Å². The van der Waals surface area contributed by atoms with Gasteiger partial charge in [0.05, 0.1) is 22.2 Å². The van der Waals surface area contributed by atoms with Gasteiger partial charge in [-0.15, -0.1) is 0 Å². The molecule has 0 radical (unpaired) electrons. The van der Waals surface area contributed by atoms with E-state index in [-0.39, 0.29) is 9.92 Å². The molecular formula is C17H20ClNO3S. The Kier molecular flexibility index (Phi) is 5.22. The minimum absolute atomic E-state index is 0.102. The van der Waals surface area contributed by atoms with Crippen LogP contribution in [-0.4, -0.2) is 15.0 Å². The predicted octanol–water partition coefficient (Wildman–Crippen LogP) is 4.46. The lowest BCUT2D eigenvalue weighted by atomic mass is 10.1. The maximum atomic E-state index is 12.6. The Balaban J connectivity index is 2.38. The number of anilines is 1. The van der Waals surface area contributed by atoms with Gasteiger partial charge in [-0.1, -0.05) is 29.3 Å². The summed E-state index contributed by atoms with van der Waals surface area (Å²) in [6.45, 7) is 8.04. The molecule has 0 aromatic heterocycles. The lowest BCUT2D eigenvalue weighted by Gasteiger charge is -2.15. The molecule has 6 heteroatoms. The highest BCUT2D eigenvalue weighted by Crippen LogP contribution is 2.30. The summed E-state index contributed by atoms with van der Waals surface area (Å²) in [6, 6.07) is 8.33. The average molecular weight is 354 g/mol. The highest BCUT2D eigenvalue weighted by Gasteiger charge is 2.18. The number of sulfonamides is 1. The van der Waals surface area contributed by atoms with Crippen LogP contribution in [0.3, 0.4) is 0 Å². The van der Waals surface area contributed by atoms with Gasteiger partial charge < -0.3 is 4.74 Å². The first-order valence-electron chi connectivity index (χ1n) is 7.27. The van der Waals surface area contributed by atoms with Crippen molar-refractivity contribution in [2.75, 3.05) is 11.3 Å². The summed E-state index contributed by atoms with van der Waals surface area (Å²) in [6.07, 6.45) is 0. The normalized spacial score (nSPS) is 11.3. The Morgan fingerprint density at radius 2 is 1.70 bits per heavy atom. The molecule has 0 unspecified atom stereocenters. The van der Waals surface area contributed by atoms with E-state index in [2.05, 4.69) is 4.72 Å². The van der Waals surface area contributed by atoms with E-state index in [9.17, 15) is 8.42 Å². The van der Waals surface area contributed by atoms with Crippen LogP contribution in [0.2, 0.25) is 5.02 Å². The van der Waals surface area contributed by atoms with Crippen molar-refractivity contribution in [1.82, 2.24) is 0 Å². The number of halogens is 1. The maximum Gasteiger partial charge on any atom is 0.261 e. The highest BCUT2D eigenvalue weighted by atomic mass is 35.5. The summed E-state index contributed by atoms with van der Waals surface area (Å²) >= 11 is 6.08. The quantitative estimate of drug-likeness (QED) is 0.863. The first kappa shape index (κ1) is 17.6. The molecule has 0 saturated heterocycles. The molecule has 0 fully saturated rings. The van der Waals surface area contributed by atoms with Crippen molar-refractivity contribution in [3.63, 3.8) is 0 Å². The zero-order chi connectivity index (χ0) is 17.2. The van der Waals surface area contributed by atoms with Gasteiger partial charge in [-0.2, -0.15) is 0 Å². The SMILES string of the molecule is CCOc1ccc(S(=O)(=O)Nc2c(C)cc(C)cc2C)cc1Cl. The molecule has 23 heavy (non-hydrogen) atoms. The molecule has 2 rings (SSSR count). The Labute approximate surface area is 142 Å². The Morgan fingerprint density at radius 1 is 1.09 bits per heavy atom. The molecule has 0 aliphatic heterocycles. The number of aryl methyl sites for hydroxylation is 3. The number of rotatable bonds is 5. The van der Waals surface area contributed by atoms with E-state index >= 15 is 0 Å². The van der Waals surface area contributed by atoms with Crippen molar-refractivity contribution in [2.45, 2.75) is 32.6 Å². The fourth-order valence-electron chi connectivity index (χ4n) is 2.46. The largest absolute Gasteiger partial charge is 0.492 e. The summed E-state index contributed by atoms with van der Waals surface area (Å²) in [5.41, 5.74) is 3.44. The zero-order valence-electron chi connectivity index (χ0n) is 13.6. The fourth-order valence-corrected chi connectivity index (χ4v) is 3.98. The van der Waals surface area contributed by atoms with Gasteiger partial charge >= 0.3 is 0 Å². The molecule has 0 aliphatic carbocycles. The van der Waals surface area contributed by atoms with Crippen molar-refractivity contribution >= 4 is 27.3 Å². The molecule has 2 aromatic rings. The third-order valence-corrected chi connectivity index (χ3v) is 5.07. The molecule has 0 bridgehead atoms. The maximum absolute atomic E-state index is 12.6. The van der Waals surface area contributed by atoms with E-state index in [0.717, 1.165) is 16.7 Å². The van der Waals surface area contributed by atoms with Gasteiger partial charge in [-0.25, -0.2) is 8.42 Å². The van der Waals surface area contributed by atoms with Gasteiger partial charge in [0.15, 0.2) is 0 Å². The van der Waals surface area contributed by atoms with E-state index in [4.69, 9.17) is 16.3 Å². The van der Waals surface area contributed by atoms with E-state index in [1.54, 1.807) is 6.07 Å². The Morgan fingerprint density at radius 3 is 2.22 bits per heavy atom. The van der Waals surface area contributed by atoms with Crippen LogP contribution in [-0.2, 0) is 10.0 Å². The molecule has 0 aliphatic rings. The van der Waals surface area contributed by atoms with Crippen molar-refractivity contribution in [1.29, 1.82) is 0 Å². The molecule has 1 N–H and O–H groups in total. The number of benzene rings is 2. The van der Waals surface area contributed by atoms with E-state index < -0.39 is 10.0 Å². The zero-order valence-corrected chi connectivity index (χ0v) is 15.2. The van der Waals surface area contributed by atoms with Crippen LogP contribution in [0.1, 0.15) is 23.6 Å². The molecule has 0 atom stereocenters. The summed E-state index contributed by atoms with van der Waals surface area (Å²) < 4.78 is 33.2. The molecule has 4 nitrogen and oxygen atoms in total. The van der Waals surface area contributed by atoms with Gasteiger partial charge in [0.25, 0.3) is 10.0 Å². The minimum atomic E-state index is -3.72. The van der Waals surface area contributed by atoms with Gasteiger partial charge in [0.2, 0.25) is 0 Å². The second kappa shape index (κ2) is 6.81. The van der Waals surface area contributed by atoms with Gasteiger partial charge in [0, 0.05) is 0 Å². The van der Waals surface area contributed by atoms with Crippen molar-refractivity contribution < 1.29 is 13.2 Å². The van der Waals surface area contributed by atoms with Crippen molar-refractivity contribution in [3.05, 3.63) is 52.0 Å². The predicted molar refractivity (Wildman–Crippen MR) is 94.1 cm³/mol. The standard InChI is InChI=1S/C17H20ClNO3S/c1-5-22-16-7-6-14(10-15(16)18)23(20,21)19-17-12(3)8-11(2)9-13(17)4/h6-10,19H,5H2,1-4H3. The molecule has 2 aromatic carbocycles. The molecular weight excluding hydrogens is 334 g/mol. The third-order valence-electron chi connectivity index (χ3n) is 3.43. The van der Waals surface area contributed by atoms with Crippen LogP contribution in [0.5, 0.6) is 5.75 Å². The molecule has 0 spiro atoms. The van der Waals surface area contributed by atoms with Crippen LogP contribution >= 0.6 is 11.6 Å². The van der Waals surface area contributed by atoms with E-state index in [1.165, 1.54) is 12.1 Å². The van der Waals surface area contributed by atoms with Crippen LogP contribution in [0, 0.1) is 20.8 Å². The molecule has 0 saturated carbocycles. The van der Waals surface area contributed by atoms with Gasteiger partial charge in [0.1, 0.15) is 5.75 Å². The first-order valence-corrected chi connectivity index (χ1v) is 9.13. The molecule has 0 amide bonds. The fraction of sp³-hybridized carbons (Fsp3) is 0.294. The molecule has 124 valence electrons. The van der Waals surface area contributed by atoms with Crippen molar-refractivity contribution in [2.24, 2.45) is 0 Å². The smallest absolute Gasteiger partial charge is 0.261 e. The van der Waals surface area contributed by atoms with Crippen LogP contribution in [0.4, 0.5) is 5.69 Å². The minimum Gasteiger partial charge on any atom is -0.492 e. The Bertz CT molecular complexity index is 809. The number of ether oxygens (including phenoxy) is 1. The topological polar surface area (TPSA) is 55.4 Å². The number of nitrogens with one attached hydrogen (secondary N) is 1. The third kappa shape index (κ3) is 3.98. The van der Waals surface area contributed by atoms with E-state index in [0.29, 0.717) is 18.0 Å².